The van der Waals surface area contributed by atoms with Gasteiger partial charge in [0, 0.05) is 26.7 Å². The lowest BCUT2D eigenvalue weighted by Crippen LogP contribution is -2.52. The second-order valence-electron chi connectivity index (χ2n) is 5.83. The van der Waals surface area contributed by atoms with Crippen molar-refractivity contribution in [3.05, 3.63) is 35.9 Å². The molecule has 1 atom stereocenters. The van der Waals surface area contributed by atoms with E-state index in [0.717, 1.165) is 18.7 Å². The Bertz CT molecular complexity index is 535. The predicted octanol–water partition coefficient (Wildman–Crippen LogP) is 1.59. The zero-order chi connectivity index (χ0) is 16.8. The maximum Gasteiger partial charge on any atom is 0.409 e. The van der Waals surface area contributed by atoms with Crippen LogP contribution < -0.4 is 0 Å². The average molecular weight is 319 g/mol. The molecule has 1 aromatic rings. The van der Waals surface area contributed by atoms with Gasteiger partial charge in [0.05, 0.1) is 12.6 Å². The second-order valence-corrected chi connectivity index (χ2v) is 5.83. The summed E-state index contributed by atoms with van der Waals surface area (Å²) in [4.78, 5) is 29.8. The zero-order valence-corrected chi connectivity index (χ0v) is 14.1. The third kappa shape index (κ3) is 4.45. The quantitative estimate of drug-likeness (QED) is 0.846. The highest BCUT2D eigenvalue weighted by Gasteiger charge is 2.31. The molecule has 2 rings (SSSR count). The molecule has 1 fully saturated rings. The van der Waals surface area contributed by atoms with Crippen molar-refractivity contribution in [2.24, 2.45) is 0 Å². The fraction of sp³-hybridized carbons (Fsp3) is 0.529. The summed E-state index contributed by atoms with van der Waals surface area (Å²) in [5.41, 5.74) is 1.12. The number of piperazine rings is 1. The van der Waals surface area contributed by atoms with Crippen molar-refractivity contribution in [3.63, 3.8) is 0 Å². The molecule has 23 heavy (non-hydrogen) atoms. The fourth-order valence-corrected chi connectivity index (χ4v) is 2.77. The summed E-state index contributed by atoms with van der Waals surface area (Å²) in [5, 5.41) is 0. The van der Waals surface area contributed by atoms with Crippen LogP contribution >= 0.6 is 0 Å². The monoisotopic (exact) mass is 319 g/mol. The molecule has 6 heteroatoms. The molecule has 0 saturated carbocycles. The molecule has 0 N–H and O–H groups in total. The van der Waals surface area contributed by atoms with Crippen molar-refractivity contribution in [2.45, 2.75) is 13.0 Å². The summed E-state index contributed by atoms with van der Waals surface area (Å²) in [6, 6.07) is 10.0. The van der Waals surface area contributed by atoms with Crippen LogP contribution in [0.2, 0.25) is 0 Å². The van der Waals surface area contributed by atoms with E-state index in [1.54, 1.807) is 14.0 Å². The SMILES string of the molecule is CCOC(=O)N(C)CC(=O)N1CCN(C)CC1c1ccccc1. The van der Waals surface area contributed by atoms with Crippen molar-refractivity contribution in [1.29, 1.82) is 0 Å². The van der Waals surface area contributed by atoms with Crippen molar-refractivity contribution >= 4 is 12.0 Å². The van der Waals surface area contributed by atoms with Gasteiger partial charge in [-0.3, -0.25) is 4.79 Å². The number of rotatable bonds is 4. The van der Waals surface area contributed by atoms with Crippen molar-refractivity contribution < 1.29 is 14.3 Å². The Kier molecular flexibility index (Phi) is 5.98. The van der Waals surface area contributed by atoms with Crippen LogP contribution in [0.5, 0.6) is 0 Å². The highest BCUT2D eigenvalue weighted by Crippen LogP contribution is 2.25. The first-order chi connectivity index (χ1) is 11.0. The van der Waals surface area contributed by atoms with Crippen LogP contribution in [0.25, 0.3) is 0 Å². The first-order valence-corrected chi connectivity index (χ1v) is 7.93. The second kappa shape index (κ2) is 7.97. The van der Waals surface area contributed by atoms with Gasteiger partial charge in [0.2, 0.25) is 5.91 Å². The van der Waals surface area contributed by atoms with Crippen LogP contribution in [0.3, 0.4) is 0 Å². The number of carbonyl (C=O) groups is 2. The molecular weight excluding hydrogens is 294 g/mol. The smallest absolute Gasteiger partial charge is 0.409 e. The Morgan fingerprint density at radius 2 is 1.96 bits per heavy atom. The van der Waals surface area contributed by atoms with E-state index in [4.69, 9.17) is 4.74 Å². The molecule has 1 aliphatic heterocycles. The van der Waals surface area contributed by atoms with E-state index >= 15 is 0 Å². The van der Waals surface area contributed by atoms with Crippen LogP contribution in [0.1, 0.15) is 18.5 Å². The third-order valence-electron chi connectivity index (χ3n) is 4.04. The molecule has 0 spiro atoms. The van der Waals surface area contributed by atoms with Gasteiger partial charge in [-0.1, -0.05) is 30.3 Å². The van der Waals surface area contributed by atoms with E-state index in [0.29, 0.717) is 13.2 Å². The van der Waals surface area contributed by atoms with Gasteiger partial charge in [-0.05, 0) is 19.5 Å². The number of benzene rings is 1. The first kappa shape index (κ1) is 17.3. The van der Waals surface area contributed by atoms with Gasteiger partial charge in [0.1, 0.15) is 6.54 Å². The highest BCUT2D eigenvalue weighted by molar-refractivity contribution is 5.82. The van der Waals surface area contributed by atoms with Gasteiger partial charge in [-0.15, -0.1) is 0 Å². The summed E-state index contributed by atoms with van der Waals surface area (Å²) < 4.78 is 4.93. The number of likely N-dealkylation sites (N-methyl/N-ethyl adjacent to an activating group) is 2. The van der Waals surface area contributed by atoms with E-state index in [-0.39, 0.29) is 18.5 Å². The molecule has 1 unspecified atom stereocenters. The standard InChI is InChI=1S/C17H25N3O3/c1-4-23-17(22)19(3)13-16(21)20-11-10-18(2)12-15(20)14-8-6-5-7-9-14/h5-9,15H,4,10-13H2,1-3H3. The van der Waals surface area contributed by atoms with Gasteiger partial charge >= 0.3 is 6.09 Å². The van der Waals surface area contributed by atoms with Crippen molar-refractivity contribution in [1.82, 2.24) is 14.7 Å². The lowest BCUT2D eigenvalue weighted by molar-refractivity contribution is -0.136. The minimum atomic E-state index is -0.466. The summed E-state index contributed by atoms with van der Waals surface area (Å²) in [6.07, 6.45) is -0.466. The van der Waals surface area contributed by atoms with E-state index in [2.05, 4.69) is 11.9 Å². The summed E-state index contributed by atoms with van der Waals surface area (Å²) in [6.45, 7) is 4.37. The number of amides is 2. The zero-order valence-electron chi connectivity index (χ0n) is 14.1. The van der Waals surface area contributed by atoms with Crippen molar-refractivity contribution in [3.8, 4) is 0 Å². The van der Waals surface area contributed by atoms with Crippen molar-refractivity contribution in [2.75, 3.05) is 46.9 Å². The molecule has 0 radical (unpaired) electrons. The molecule has 1 aliphatic rings. The maximum atomic E-state index is 12.7. The minimum Gasteiger partial charge on any atom is -0.450 e. The Morgan fingerprint density at radius 3 is 2.61 bits per heavy atom. The van der Waals surface area contributed by atoms with Gasteiger partial charge in [-0.2, -0.15) is 0 Å². The number of nitrogens with zero attached hydrogens (tertiary/aromatic N) is 3. The van der Waals surface area contributed by atoms with Gasteiger partial charge < -0.3 is 19.4 Å². The van der Waals surface area contributed by atoms with Crippen LogP contribution in [0.4, 0.5) is 4.79 Å². The first-order valence-electron chi connectivity index (χ1n) is 7.93. The van der Waals surface area contributed by atoms with Gasteiger partial charge in [0.15, 0.2) is 0 Å². The van der Waals surface area contributed by atoms with E-state index in [1.807, 2.05) is 35.2 Å². The van der Waals surface area contributed by atoms with E-state index < -0.39 is 6.09 Å². The predicted molar refractivity (Wildman–Crippen MR) is 88.0 cm³/mol. The minimum absolute atomic E-state index is 0.0121. The Morgan fingerprint density at radius 1 is 1.26 bits per heavy atom. The molecule has 2 amide bonds. The maximum absolute atomic E-state index is 12.7. The molecular formula is C17H25N3O3. The van der Waals surface area contributed by atoms with Crippen LogP contribution in [-0.2, 0) is 9.53 Å². The molecule has 1 heterocycles. The number of hydrogen-bond acceptors (Lipinski definition) is 4. The largest absolute Gasteiger partial charge is 0.450 e. The summed E-state index contributed by atoms with van der Waals surface area (Å²) >= 11 is 0. The van der Waals surface area contributed by atoms with Crippen LogP contribution in [0.15, 0.2) is 30.3 Å². The molecule has 1 saturated heterocycles. The van der Waals surface area contributed by atoms with E-state index in [1.165, 1.54) is 4.90 Å². The summed E-state index contributed by atoms with van der Waals surface area (Å²) in [5.74, 6) is -0.0532. The molecule has 0 aromatic heterocycles. The topological polar surface area (TPSA) is 53.1 Å². The Hall–Kier alpha value is -2.08. The summed E-state index contributed by atoms with van der Waals surface area (Å²) in [7, 11) is 3.64. The lowest BCUT2D eigenvalue weighted by atomic mass is 10.0. The fourth-order valence-electron chi connectivity index (χ4n) is 2.77. The number of ether oxygens (including phenoxy) is 1. The van der Waals surface area contributed by atoms with Crippen LogP contribution in [-0.4, -0.2) is 73.6 Å². The highest BCUT2D eigenvalue weighted by atomic mass is 16.6. The lowest BCUT2D eigenvalue weighted by Gasteiger charge is -2.40. The number of carbonyl (C=O) groups excluding carboxylic acids is 2. The molecule has 6 nitrogen and oxygen atoms in total. The Labute approximate surface area is 137 Å². The van der Waals surface area contributed by atoms with E-state index in [9.17, 15) is 9.59 Å². The van der Waals surface area contributed by atoms with Gasteiger partial charge in [0.25, 0.3) is 0 Å². The number of hydrogen-bond donors (Lipinski definition) is 0. The Balaban J connectivity index is 2.08. The molecule has 0 bridgehead atoms. The normalized spacial score (nSPS) is 18.6. The van der Waals surface area contributed by atoms with Crippen LogP contribution in [0, 0.1) is 0 Å². The van der Waals surface area contributed by atoms with Gasteiger partial charge in [-0.25, -0.2) is 4.79 Å². The third-order valence-corrected chi connectivity index (χ3v) is 4.04. The molecule has 0 aliphatic carbocycles. The average Bonchev–Trinajstić information content (AvgIpc) is 2.55. The molecule has 126 valence electrons. The molecule has 1 aromatic carbocycles.